The van der Waals surface area contributed by atoms with Crippen LogP contribution in [0, 0.1) is 0 Å². The van der Waals surface area contributed by atoms with Crippen LogP contribution in [0.25, 0.3) is 11.3 Å². The van der Waals surface area contributed by atoms with Crippen molar-refractivity contribution in [2.75, 3.05) is 0 Å². The van der Waals surface area contributed by atoms with Gasteiger partial charge in [-0.2, -0.15) is 0 Å². The third kappa shape index (κ3) is 1.66. The van der Waals surface area contributed by atoms with Crippen LogP contribution in [0.3, 0.4) is 0 Å². The number of rotatable bonds is 2. The molecule has 0 N–H and O–H groups in total. The van der Waals surface area contributed by atoms with Crippen molar-refractivity contribution in [2.24, 2.45) is 0 Å². The average Bonchev–Trinajstić information content (AvgIpc) is 2.68. The van der Waals surface area contributed by atoms with E-state index in [0.29, 0.717) is 5.76 Å². The Bertz CT molecular complexity index is 406. The third-order valence-corrected chi connectivity index (χ3v) is 1.90. The number of furan rings is 1. The molecule has 0 radical (unpaired) electrons. The molecule has 0 aliphatic heterocycles. The average molecular weight is 194 g/mol. The molecule has 0 atom stereocenters. The molecule has 1 aromatic heterocycles. The van der Waals surface area contributed by atoms with Crippen LogP contribution in [0.4, 0.5) is 8.78 Å². The van der Waals surface area contributed by atoms with Gasteiger partial charge in [0.2, 0.25) is 0 Å². The Morgan fingerprint density at radius 1 is 0.929 bits per heavy atom. The zero-order chi connectivity index (χ0) is 9.97. The van der Waals surface area contributed by atoms with Crippen LogP contribution < -0.4 is 0 Å². The van der Waals surface area contributed by atoms with E-state index in [2.05, 4.69) is 0 Å². The Kier molecular flexibility index (Phi) is 2.31. The molecule has 1 heterocycles. The summed E-state index contributed by atoms with van der Waals surface area (Å²) in [7, 11) is 0. The van der Waals surface area contributed by atoms with Crippen LogP contribution in [0.2, 0.25) is 0 Å². The molecule has 3 heteroatoms. The normalized spacial score (nSPS) is 10.8. The highest BCUT2D eigenvalue weighted by Crippen LogP contribution is 2.27. The molecule has 14 heavy (non-hydrogen) atoms. The monoisotopic (exact) mass is 194 g/mol. The number of hydrogen-bond donors (Lipinski definition) is 0. The summed E-state index contributed by atoms with van der Waals surface area (Å²) in [6.07, 6.45) is -2.55. The van der Waals surface area contributed by atoms with Gasteiger partial charge in [0.25, 0.3) is 6.43 Å². The molecule has 2 rings (SSSR count). The fraction of sp³-hybridized carbons (Fsp3) is 0.0909. The van der Waals surface area contributed by atoms with Crippen LogP contribution in [-0.4, -0.2) is 0 Å². The first-order valence-electron chi connectivity index (χ1n) is 4.20. The van der Waals surface area contributed by atoms with E-state index in [1.165, 1.54) is 6.07 Å². The highest BCUT2D eigenvalue weighted by molar-refractivity contribution is 5.57. The second-order valence-corrected chi connectivity index (χ2v) is 2.87. The Morgan fingerprint density at radius 3 is 2.21 bits per heavy atom. The summed E-state index contributed by atoms with van der Waals surface area (Å²) < 4.78 is 29.4. The molecule has 1 nitrogen and oxygen atoms in total. The highest BCUT2D eigenvalue weighted by Gasteiger charge is 2.12. The molecular formula is C11H8F2O. The minimum absolute atomic E-state index is 0.288. The molecular weight excluding hydrogens is 186 g/mol. The van der Waals surface area contributed by atoms with Gasteiger partial charge in [-0.25, -0.2) is 8.78 Å². The SMILES string of the molecule is FC(F)c1ccc(-c2ccccc2)o1. The standard InChI is InChI=1S/C11H8F2O/c12-11(13)10-7-6-9(14-10)8-4-2-1-3-5-8/h1-7,11H. The van der Waals surface area contributed by atoms with Crippen LogP contribution in [-0.2, 0) is 0 Å². The maximum absolute atomic E-state index is 12.2. The summed E-state index contributed by atoms with van der Waals surface area (Å²) in [6.45, 7) is 0. The lowest BCUT2D eigenvalue weighted by Gasteiger charge is -1.95. The van der Waals surface area contributed by atoms with E-state index in [1.54, 1.807) is 6.07 Å². The zero-order valence-electron chi connectivity index (χ0n) is 7.28. The number of hydrogen-bond acceptors (Lipinski definition) is 1. The molecule has 0 amide bonds. The molecule has 72 valence electrons. The second-order valence-electron chi connectivity index (χ2n) is 2.87. The van der Waals surface area contributed by atoms with E-state index in [9.17, 15) is 8.78 Å². The van der Waals surface area contributed by atoms with Gasteiger partial charge < -0.3 is 4.42 Å². The number of benzene rings is 1. The maximum Gasteiger partial charge on any atom is 0.295 e. The molecule has 0 saturated heterocycles. The molecule has 0 aliphatic carbocycles. The van der Waals surface area contributed by atoms with Gasteiger partial charge in [-0.1, -0.05) is 30.3 Å². The van der Waals surface area contributed by atoms with Crippen molar-refractivity contribution < 1.29 is 13.2 Å². The van der Waals surface area contributed by atoms with E-state index in [-0.39, 0.29) is 5.76 Å². The van der Waals surface area contributed by atoms with Crippen LogP contribution in [0.1, 0.15) is 12.2 Å². The maximum atomic E-state index is 12.2. The first kappa shape index (κ1) is 8.94. The van der Waals surface area contributed by atoms with Gasteiger partial charge in [0, 0.05) is 5.56 Å². The van der Waals surface area contributed by atoms with E-state index in [1.807, 2.05) is 30.3 Å². The van der Waals surface area contributed by atoms with Gasteiger partial charge in [0.05, 0.1) is 0 Å². The zero-order valence-corrected chi connectivity index (χ0v) is 7.28. The lowest BCUT2D eigenvalue weighted by Crippen LogP contribution is -1.76. The van der Waals surface area contributed by atoms with Crippen molar-refractivity contribution in [1.29, 1.82) is 0 Å². The topological polar surface area (TPSA) is 13.1 Å². The molecule has 0 saturated carbocycles. The molecule has 0 bridgehead atoms. The lowest BCUT2D eigenvalue weighted by molar-refractivity contribution is 0.123. The second kappa shape index (κ2) is 3.62. The molecule has 1 aromatic carbocycles. The summed E-state index contributed by atoms with van der Waals surface area (Å²) in [5.74, 6) is 0.185. The number of halogens is 2. The van der Waals surface area contributed by atoms with Crippen molar-refractivity contribution in [3.05, 3.63) is 48.2 Å². The lowest BCUT2D eigenvalue weighted by atomic mass is 10.2. The molecule has 0 fully saturated rings. The highest BCUT2D eigenvalue weighted by atomic mass is 19.3. The fourth-order valence-electron chi connectivity index (χ4n) is 1.23. The van der Waals surface area contributed by atoms with Crippen molar-refractivity contribution >= 4 is 0 Å². The summed E-state index contributed by atoms with van der Waals surface area (Å²) in [4.78, 5) is 0. The van der Waals surface area contributed by atoms with Gasteiger partial charge in [-0.15, -0.1) is 0 Å². The van der Waals surface area contributed by atoms with E-state index < -0.39 is 6.43 Å². The molecule has 0 unspecified atom stereocenters. The first-order chi connectivity index (χ1) is 6.77. The Hall–Kier alpha value is -1.64. The predicted molar refractivity (Wildman–Crippen MR) is 49.1 cm³/mol. The summed E-state index contributed by atoms with van der Waals surface area (Å²) in [5.41, 5.74) is 0.805. The van der Waals surface area contributed by atoms with Crippen molar-refractivity contribution in [3.8, 4) is 11.3 Å². The molecule has 0 spiro atoms. The van der Waals surface area contributed by atoms with Crippen LogP contribution in [0.15, 0.2) is 46.9 Å². The smallest absolute Gasteiger partial charge is 0.295 e. The van der Waals surface area contributed by atoms with E-state index in [4.69, 9.17) is 4.42 Å². The van der Waals surface area contributed by atoms with Crippen molar-refractivity contribution in [3.63, 3.8) is 0 Å². The van der Waals surface area contributed by atoms with Crippen LogP contribution in [0.5, 0.6) is 0 Å². The van der Waals surface area contributed by atoms with Gasteiger partial charge in [-0.05, 0) is 12.1 Å². The number of alkyl halides is 2. The van der Waals surface area contributed by atoms with Crippen molar-refractivity contribution in [1.82, 2.24) is 0 Å². The Labute approximate surface area is 80.0 Å². The largest absolute Gasteiger partial charge is 0.455 e. The molecule has 2 aromatic rings. The third-order valence-electron chi connectivity index (χ3n) is 1.90. The quantitative estimate of drug-likeness (QED) is 0.706. The van der Waals surface area contributed by atoms with E-state index in [0.717, 1.165) is 5.56 Å². The minimum Gasteiger partial charge on any atom is -0.455 e. The first-order valence-corrected chi connectivity index (χ1v) is 4.20. The van der Waals surface area contributed by atoms with Gasteiger partial charge in [0.1, 0.15) is 5.76 Å². The predicted octanol–water partition coefficient (Wildman–Crippen LogP) is 3.88. The van der Waals surface area contributed by atoms with E-state index >= 15 is 0 Å². The van der Waals surface area contributed by atoms with Gasteiger partial charge >= 0.3 is 0 Å². The summed E-state index contributed by atoms with van der Waals surface area (Å²) in [5, 5.41) is 0. The summed E-state index contributed by atoms with van der Waals surface area (Å²) in [6, 6.07) is 12.0. The minimum atomic E-state index is -2.55. The van der Waals surface area contributed by atoms with Gasteiger partial charge in [0.15, 0.2) is 5.76 Å². The van der Waals surface area contributed by atoms with Crippen LogP contribution >= 0.6 is 0 Å². The molecule has 0 aliphatic rings. The Morgan fingerprint density at radius 2 is 1.64 bits per heavy atom. The summed E-state index contributed by atoms with van der Waals surface area (Å²) >= 11 is 0. The van der Waals surface area contributed by atoms with Gasteiger partial charge in [-0.3, -0.25) is 0 Å². The fourth-order valence-corrected chi connectivity index (χ4v) is 1.23. The Balaban J connectivity index is 2.34. The van der Waals surface area contributed by atoms with Crippen molar-refractivity contribution in [2.45, 2.75) is 6.43 Å².